The molecule has 0 atom stereocenters. The molecule has 8 heteroatoms. The fourth-order valence-electron chi connectivity index (χ4n) is 9.54. The van der Waals surface area contributed by atoms with E-state index in [-0.39, 0.29) is 93.5 Å². The van der Waals surface area contributed by atoms with Crippen molar-refractivity contribution >= 4 is 96.0 Å². The summed E-state index contributed by atoms with van der Waals surface area (Å²) in [5.41, 5.74) is 0. The minimum atomic E-state index is 0. The third-order valence-electron chi connectivity index (χ3n) is 14.1. The van der Waals surface area contributed by atoms with Crippen LogP contribution in [0.5, 0.6) is 0 Å². The molecule has 0 bridgehead atoms. The van der Waals surface area contributed by atoms with Crippen molar-refractivity contribution in [2.45, 2.75) is 158 Å². The second-order valence-corrected chi connectivity index (χ2v) is 30.1. The van der Waals surface area contributed by atoms with Gasteiger partial charge in [0.25, 0.3) is 0 Å². The first-order valence-electron chi connectivity index (χ1n) is 29.0. The second-order valence-electron chi connectivity index (χ2n) is 20.1. The summed E-state index contributed by atoms with van der Waals surface area (Å²) >= 11 is 0. The Labute approximate surface area is 506 Å². The topological polar surface area (TPSA) is 0 Å². The smallest absolute Gasteiger partial charge is 1.00 e. The van der Waals surface area contributed by atoms with Gasteiger partial charge in [-0.25, -0.2) is 0 Å². The van der Waals surface area contributed by atoms with Gasteiger partial charge in [-0.1, -0.05) is 163 Å². The first-order chi connectivity index (χ1) is 35.4. The van der Waals surface area contributed by atoms with E-state index in [0.29, 0.717) is 0 Å². The molecule has 0 saturated carbocycles. The summed E-state index contributed by atoms with van der Waals surface area (Å²) in [5, 5.41) is 17.9. The van der Waals surface area contributed by atoms with Gasteiger partial charge in [-0.3, -0.25) is 0 Å². The van der Waals surface area contributed by atoms with Gasteiger partial charge in [-0.15, -0.1) is 161 Å². The summed E-state index contributed by atoms with van der Waals surface area (Å²) in [6, 6.07) is 54.6. The van der Waals surface area contributed by atoms with Crippen LogP contribution in [0.3, 0.4) is 0 Å². The van der Waals surface area contributed by atoms with E-state index in [0.717, 1.165) is 0 Å². The molecule has 8 aromatic carbocycles. The third kappa shape index (κ3) is 24.8. The summed E-state index contributed by atoms with van der Waals surface area (Å²) in [5.74, 6) is 0. The van der Waals surface area contributed by atoms with Gasteiger partial charge in [0.1, 0.15) is 0 Å². The molecular formula is C68H96F2P4Zr2-2. The SMILES string of the molecule is CCCCP(CCCC)c1cc2ccccc2[cH-]1.CCCCP(CCCC)c1cc2ccccc2[cH-]1.CCCCP(CCCC)c1cc2ccccc2[cH-]1.CCCCP(CCCC)c1cc2ccccc2[cH-]1.[F-].[F-].[Zr+2].[Zr+2]. The van der Waals surface area contributed by atoms with E-state index < -0.39 is 0 Å². The van der Waals surface area contributed by atoms with Crippen LogP contribution in [0, 0.1) is 0 Å². The maximum absolute atomic E-state index is 2.44. The van der Waals surface area contributed by atoms with E-state index in [1.807, 2.05) is 0 Å². The van der Waals surface area contributed by atoms with Gasteiger partial charge in [0.2, 0.25) is 0 Å². The number of unbranched alkanes of at least 4 members (excludes halogenated alkanes) is 8. The minimum Gasteiger partial charge on any atom is -1.00 e. The normalized spacial score (nSPS) is 10.9. The summed E-state index contributed by atoms with van der Waals surface area (Å²) in [7, 11) is 0.343. The quantitative estimate of drug-likeness (QED) is 0.0339. The van der Waals surface area contributed by atoms with Gasteiger partial charge in [-0.2, -0.15) is 24.3 Å². The molecule has 0 nitrogen and oxygen atoms in total. The molecule has 8 aromatic rings. The van der Waals surface area contributed by atoms with Crippen LogP contribution in [-0.4, -0.2) is 49.3 Å². The summed E-state index contributed by atoms with van der Waals surface area (Å²) < 4.78 is 0. The number of benzene rings is 4. The Morgan fingerprint density at radius 2 is 0.421 bits per heavy atom. The van der Waals surface area contributed by atoms with Gasteiger partial charge in [0.05, 0.1) is 0 Å². The number of fused-ring (bicyclic) bond motifs is 4. The molecule has 412 valence electrons. The van der Waals surface area contributed by atoms with Gasteiger partial charge >= 0.3 is 52.4 Å². The van der Waals surface area contributed by atoms with Crippen LogP contribution in [0.1, 0.15) is 158 Å². The molecule has 0 aliphatic rings. The number of halogens is 2. The fourth-order valence-corrected chi connectivity index (χ4v) is 20.7. The molecule has 0 aliphatic carbocycles. The minimum absolute atomic E-state index is 0. The summed E-state index contributed by atoms with van der Waals surface area (Å²) in [4.78, 5) is 0. The second kappa shape index (κ2) is 43.4. The van der Waals surface area contributed by atoms with Crippen molar-refractivity contribution in [1.29, 1.82) is 0 Å². The van der Waals surface area contributed by atoms with E-state index in [1.54, 1.807) is 21.2 Å². The van der Waals surface area contributed by atoms with E-state index in [4.69, 9.17) is 0 Å². The fraction of sp³-hybridized carbons (Fsp3) is 0.471. The van der Waals surface area contributed by atoms with Crippen LogP contribution in [0.4, 0.5) is 0 Å². The Hall–Kier alpha value is -1.33. The Morgan fingerprint density at radius 1 is 0.263 bits per heavy atom. The maximum atomic E-state index is 2.44. The number of hydrogen-bond donors (Lipinski definition) is 0. The largest absolute Gasteiger partial charge is 2.00 e. The molecule has 0 amide bonds. The standard InChI is InChI=1S/4C17H24P.2FH.2Zr/c4*1-3-5-11-18(12-6-4-2)17-13-15-9-7-8-10-16(15)14-17;;;;/h4*7-10,13-14H,3-6,11-12H2,1-2H3;2*1H;;/q4*-1;;;2*+2/p-2. The van der Waals surface area contributed by atoms with Gasteiger partial charge in [-0.05, 0) is 101 Å². The van der Waals surface area contributed by atoms with E-state index in [9.17, 15) is 0 Å². The Balaban J connectivity index is 0.000000498. The summed E-state index contributed by atoms with van der Waals surface area (Å²) in [6.45, 7) is 18.4. The molecular weight excluding hydrogens is 1160 g/mol. The Kier molecular flexibility index (Phi) is 41.5. The molecule has 0 spiro atoms. The van der Waals surface area contributed by atoms with Crippen molar-refractivity contribution in [2.24, 2.45) is 0 Å². The molecule has 0 N–H and O–H groups in total. The van der Waals surface area contributed by atoms with Crippen LogP contribution in [0.2, 0.25) is 0 Å². The predicted molar refractivity (Wildman–Crippen MR) is 343 cm³/mol. The molecule has 0 heterocycles. The van der Waals surface area contributed by atoms with Gasteiger partial charge in [0, 0.05) is 0 Å². The van der Waals surface area contributed by atoms with E-state index in [1.165, 1.54) is 195 Å². The first kappa shape index (κ1) is 72.7. The van der Waals surface area contributed by atoms with Crippen molar-refractivity contribution in [1.82, 2.24) is 0 Å². The zero-order chi connectivity index (χ0) is 51.2. The Morgan fingerprint density at radius 3 is 0.566 bits per heavy atom. The molecule has 76 heavy (non-hydrogen) atoms. The molecule has 0 unspecified atom stereocenters. The third-order valence-corrected chi connectivity index (χ3v) is 24.9. The van der Waals surface area contributed by atoms with Crippen LogP contribution < -0.4 is 30.6 Å². The van der Waals surface area contributed by atoms with Gasteiger partial charge in [0.15, 0.2) is 0 Å². The van der Waals surface area contributed by atoms with Gasteiger partial charge < -0.3 is 9.41 Å². The molecule has 0 radical (unpaired) electrons. The average Bonchev–Trinajstić information content (AvgIpc) is 4.24. The molecule has 8 rings (SSSR count). The molecule has 0 aliphatic heterocycles. The summed E-state index contributed by atoms with van der Waals surface area (Å²) in [6.07, 6.45) is 33.0. The van der Waals surface area contributed by atoms with Crippen molar-refractivity contribution in [3.63, 3.8) is 0 Å². The zero-order valence-corrected chi connectivity index (χ0v) is 56.9. The molecule has 0 aromatic heterocycles. The number of hydrogen-bond acceptors (Lipinski definition) is 0. The van der Waals surface area contributed by atoms with Crippen molar-refractivity contribution in [2.75, 3.05) is 49.3 Å². The predicted octanol–water partition coefficient (Wildman–Crippen LogP) is 15.1. The average molecular weight is 1260 g/mol. The molecule has 0 fully saturated rings. The van der Waals surface area contributed by atoms with Crippen LogP contribution >= 0.6 is 31.7 Å². The first-order valence-corrected chi connectivity index (χ1v) is 35.9. The monoisotopic (exact) mass is 1250 g/mol. The molecule has 0 saturated heterocycles. The number of rotatable bonds is 28. The maximum Gasteiger partial charge on any atom is 2.00 e. The van der Waals surface area contributed by atoms with Crippen LogP contribution in [-0.2, 0) is 52.4 Å². The van der Waals surface area contributed by atoms with Crippen LogP contribution in [0.25, 0.3) is 43.1 Å². The van der Waals surface area contributed by atoms with E-state index >= 15 is 0 Å². The van der Waals surface area contributed by atoms with Crippen molar-refractivity contribution in [3.8, 4) is 0 Å². The zero-order valence-electron chi connectivity index (χ0n) is 48.4. The van der Waals surface area contributed by atoms with E-state index in [2.05, 4.69) is 201 Å². The van der Waals surface area contributed by atoms with Crippen LogP contribution in [0.15, 0.2) is 146 Å². The Bertz CT molecular complexity index is 2100. The van der Waals surface area contributed by atoms with Crippen molar-refractivity contribution in [3.05, 3.63) is 146 Å². The van der Waals surface area contributed by atoms with Crippen molar-refractivity contribution < 1.29 is 61.8 Å².